The van der Waals surface area contributed by atoms with E-state index in [1.54, 1.807) is 18.4 Å². The molecular weight excluding hydrogens is 284 g/mol. The van der Waals surface area contributed by atoms with Gasteiger partial charge in [0.15, 0.2) is 10.8 Å². The standard InChI is InChI=1S/C15H24N4OS/c1-15(2)4-6-18(11-15)13-12(10-16-5-8-20-3)19-7-9-21-14(19)17-13/h7,9,16H,4-6,8,10-11H2,1-3H3. The van der Waals surface area contributed by atoms with E-state index in [1.807, 2.05) is 0 Å². The lowest BCUT2D eigenvalue weighted by Crippen LogP contribution is -2.26. The molecule has 0 spiro atoms. The summed E-state index contributed by atoms with van der Waals surface area (Å²) < 4.78 is 7.31. The number of ether oxygens (including phenoxy) is 1. The number of nitrogens with zero attached hydrogens (tertiary/aromatic N) is 3. The fraction of sp³-hybridized carbons (Fsp3) is 0.667. The van der Waals surface area contributed by atoms with Crippen LogP contribution >= 0.6 is 11.3 Å². The number of nitrogens with one attached hydrogen (secondary N) is 1. The van der Waals surface area contributed by atoms with Gasteiger partial charge in [0, 0.05) is 44.9 Å². The van der Waals surface area contributed by atoms with Crippen LogP contribution in [0.3, 0.4) is 0 Å². The highest BCUT2D eigenvalue weighted by Crippen LogP contribution is 2.34. The second kappa shape index (κ2) is 5.94. The minimum Gasteiger partial charge on any atom is -0.383 e. The molecule has 1 fully saturated rings. The Kier molecular flexibility index (Phi) is 4.19. The summed E-state index contributed by atoms with van der Waals surface area (Å²) >= 11 is 1.70. The van der Waals surface area contributed by atoms with Gasteiger partial charge in [0.2, 0.25) is 0 Å². The van der Waals surface area contributed by atoms with Gasteiger partial charge in [-0.2, -0.15) is 0 Å². The molecule has 1 aliphatic rings. The van der Waals surface area contributed by atoms with Crippen LogP contribution in [-0.4, -0.2) is 42.7 Å². The molecule has 0 atom stereocenters. The number of aromatic nitrogens is 2. The van der Waals surface area contributed by atoms with Crippen LogP contribution < -0.4 is 10.2 Å². The topological polar surface area (TPSA) is 41.8 Å². The molecule has 0 amide bonds. The van der Waals surface area contributed by atoms with E-state index < -0.39 is 0 Å². The van der Waals surface area contributed by atoms with Crippen molar-refractivity contribution in [3.8, 4) is 0 Å². The quantitative estimate of drug-likeness (QED) is 0.832. The predicted octanol–water partition coefficient (Wildman–Crippen LogP) is 2.37. The Morgan fingerprint density at radius 2 is 2.33 bits per heavy atom. The average Bonchev–Trinajstić information content (AvgIpc) is 3.09. The van der Waals surface area contributed by atoms with Gasteiger partial charge in [-0.15, -0.1) is 11.3 Å². The van der Waals surface area contributed by atoms with E-state index in [0.717, 1.165) is 43.6 Å². The van der Waals surface area contributed by atoms with Crippen LogP contribution in [0, 0.1) is 5.41 Å². The summed E-state index contributed by atoms with van der Waals surface area (Å²) in [7, 11) is 1.73. The fourth-order valence-corrected chi connectivity index (χ4v) is 3.64. The summed E-state index contributed by atoms with van der Waals surface area (Å²) in [6, 6.07) is 0. The minimum atomic E-state index is 0.387. The van der Waals surface area contributed by atoms with Crippen molar-refractivity contribution in [1.82, 2.24) is 14.7 Å². The van der Waals surface area contributed by atoms with Crippen LogP contribution in [0.1, 0.15) is 26.0 Å². The molecule has 1 N–H and O–H groups in total. The first-order chi connectivity index (χ1) is 10.1. The maximum atomic E-state index is 5.10. The normalized spacial score (nSPS) is 18.0. The van der Waals surface area contributed by atoms with Gasteiger partial charge in [0.25, 0.3) is 0 Å². The Bertz CT molecular complexity index is 604. The highest BCUT2D eigenvalue weighted by Gasteiger charge is 2.32. The van der Waals surface area contributed by atoms with Crippen molar-refractivity contribution < 1.29 is 4.74 Å². The zero-order chi connectivity index (χ0) is 14.9. The molecule has 5 nitrogen and oxygen atoms in total. The Morgan fingerprint density at radius 3 is 3.05 bits per heavy atom. The van der Waals surface area contributed by atoms with Gasteiger partial charge >= 0.3 is 0 Å². The Hall–Kier alpha value is -1.11. The lowest BCUT2D eigenvalue weighted by atomic mass is 9.93. The smallest absolute Gasteiger partial charge is 0.195 e. The van der Waals surface area contributed by atoms with Gasteiger partial charge in [0.05, 0.1) is 12.3 Å². The molecule has 0 bridgehead atoms. The van der Waals surface area contributed by atoms with E-state index in [-0.39, 0.29) is 0 Å². The van der Waals surface area contributed by atoms with E-state index in [1.165, 1.54) is 12.1 Å². The fourth-order valence-electron chi connectivity index (χ4n) is 2.91. The van der Waals surface area contributed by atoms with Gasteiger partial charge < -0.3 is 15.0 Å². The summed E-state index contributed by atoms with van der Waals surface area (Å²) in [5.41, 5.74) is 1.65. The van der Waals surface area contributed by atoms with Crippen molar-refractivity contribution in [3.63, 3.8) is 0 Å². The minimum absolute atomic E-state index is 0.387. The van der Waals surface area contributed by atoms with E-state index in [9.17, 15) is 0 Å². The van der Waals surface area contributed by atoms with Crippen molar-refractivity contribution >= 4 is 22.1 Å². The van der Waals surface area contributed by atoms with Crippen molar-refractivity contribution in [1.29, 1.82) is 0 Å². The maximum Gasteiger partial charge on any atom is 0.195 e. The van der Waals surface area contributed by atoms with Crippen molar-refractivity contribution in [2.45, 2.75) is 26.8 Å². The Morgan fingerprint density at radius 1 is 1.48 bits per heavy atom. The molecule has 1 saturated heterocycles. The number of hydrogen-bond donors (Lipinski definition) is 1. The van der Waals surface area contributed by atoms with E-state index in [4.69, 9.17) is 9.72 Å². The molecule has 116 valence electrons. The Labute approximate surface area is 129 Å². The van der Waals surface area contributed by atoms with Gasteiger partial charge in [-0.25, -0.2) is 4.98 Å². The summed E-state index contributed by atoms with van der Waals surface area (Å²) in [4.78, 5) is 8.37. The molecule has 3 heterocycles. The number of rotatable bonds is 6. The van der Waals surface area contributed by atoms with Crippen molar-refractivity contribution in [3.05, 3.63) is 17.3 Å². The largest absolute Gasteiger partial charge is 0.383 e. The van der Waals surface area contributed by atoms with Crippen LogP contribution in [-0.2, 0) is 11.3 Å². The highest BCUT2D eigenvalue weighted by atomic mass is 32.1. The highest BCUT2D eigenvalue weighted by molar-refractivity contribution is 7.15. The number of hydrogen-bond acceptors (Lipinski definition) is 5. The molecule has 0 aliphatic carbocycles. The first kappa shape index (κ1) is 14.8. The van der Waals surface area contributed by atoms with Crippen LogP contribution in [0.5, 0.6) is 0 Å². The van der Waals surface area contributed by atoms with E-state index in [0.29, 0.717) is 5.41 Å². The summed E-state index contributed by atoms with van der Waals surface area (Å²) in [5.74, 6) is 1.15. The predicted molar refractivity (Wildman–Crippen MR) is 87.3 cm³/mol. The SMILES string of the molecule is COCCNCc1c(N2CCC(C)(C)C2)nc2sccn12. The molecule has 0 aromatic carbocycles. The summed E-state index contributed by atoms with van der Waals surface area (Å²) in [6.07, 6.45) is 3.35. The van der Waals surface area contributed by atoms with Gasteiger partial charge in [-0.3, -0.25) is 4.40 Å². The third-order valence-corrected chi connectivity index (χ3v) is 4.85. The zero-order valence-corrected chi connectivity index (χ0v) is 13.9. The third-order valence-electron chi connectivity index (χ3n) is 4.09. The average molecular weight is 308 g/mol. The second-order valence-electron chi connectivity index (χ2n) is 6.44. The summed E-state index contributed by atoms with van der Waals surface area (Å²) in [6.45, 7) is 9.28. The first-order valence-corrected chi connectivity index (χ1v) is 8.38. The number of fused-ring (bicyclic) bond motifs is 1. The van der Waals surface area contributed by atoms with Crippen molar-refractivity contribution in [2.24, 2.45) is 5.41 Å². The second-order valence-corrected chi connectivity index (χ2v) is 7.32. The molecule has 0 saturated carbocycles. The lowest BCUT2D eigenvalue weighted by molar-refractivity contribution is 0.199. The first-order valence-electron chi connectivity index (χ1n) is 7.50. The molecule has 0 unspecified atom stereocenters. The van der Waals surface area contributed by atoms with Crippen LogP contribution in [0.15, 0.2) is 11.6 Å². The van der Waals surface area contributed by atoms with Gasteiger partial charge in [-0.1, -0.05) is 13.8 Å². The van der Waals surface area contributed by atoms with Crippen LogP contribution in [0.4, 0.5) is 5.82 Å². The molecular formula is C15H24N4OS. The lowest BCUT2D eigenvalue weighted by Gasteiger charge is -2.21. The molecule has 2 aromatic rings. The third kappa shape index (κ3) is 3.07. The molecule has 0 radical (unpaired) electrons. The van der Waals surface area contributed by atoms with Crippen molar-refractivity contribution in [2.75, 3.05) is 38.3 Å². The molecule has 6 heteroatoms. The van der Waals surface area contributed by atoms with E-state index >= 15 is 0 Å². The molecule has 2 aromatic heterocycles. The maximum absolute atomic E-state index is 5.10. The van der Waals surface area contributed by atoms with Gasteiger partial charge in [-0.05, 0) is 11.8 Å². The van der Waals surface area contributed by atoms with Crippen LogP contribution in [0.2, 0.25) is 0 Å². The summed E-state index contributed by atoms with van der Waals surface area (Å²) in [5, 5.41) is 5.54. The van der Waals surface area contributed by atoms with Gasteiger partial charge in [0.1, 0.15) is 0 Å². The number of imidazole rings is 1. The van der Waals surface area contributed by atoms with Crippen LogP contribution in [0.25, 0.3) is 4.96 Å². The zero-order valence-electron chi connectivity index (χ0n) is 13.1. The monoisotopic (exact) mass is 308 g/mol. The number of methoxy groups -OCH3 is 1. The Balaban J connectivity index is 1.82. The molecule has 3 rings (SSSR count). The number of anilines is 1. The number of thiazole rings is 1. The molecule has 21 heavy (non-hydrogen) atoms. The van der Waals surface area contributed by atoms with E-state index in [2.05, 4.69) is 40.0 Å². The molecule has 1 aliphatic heterocycles.